The first-order valence-electron chi connectivity index (χ1n) is 11.2. The zero-order valence-corrected chi connectivity index (χ0v) is 20.5. The Morgan fingerprint density at radius 3 is 2.17 bits per heavy atom. The third-order valence-electron chi connectivity index (χ3n) is 6.19. The van der Waals surface area contributed by atoms with E-state index in [1.165, 1.54) is 6.07 Å². The fourth-order valence-electron chi connectivity index (χ4n) is 4.38. The molecule has 0 N–H and O–H groups in total. The molecule has 0 spiro atoms. The third-order valence-corrected chi connectivity index (χ3v) is 8.10. The molecule has 1 aliphatic heterocycles. The first-order chi connectivity index (χ1) is 16.4. The maximum absolute atomic E-state index is 13.0. The molecule has 1 aliphatic rings. The second-order valence-electron chi connectivity index (χ2n) is 8.37. The zero-order chi connectivity index (χ0) is 23.7. The van der Waals surface area contributed by atoms with Crippen LogP contribution >= 0.6 is 12.4 Å². The minimum atomic E-state index is -3.51. The summed E-state index contributed by atoms with van der Waals surface area (Å²) in [6, 6.07) is 23.0. The molecule has 1 saturated heterocycles. The maximum atomic E-state index is 13.0. The van der Waals surface area contributed by atoms with Crippen molar-refractivity contribution in [2.45, 2.75) is 24.2 Å². The van der Waals surface area contributed by atoms with Crippen molar-refractivity contribution >= 4 is 39.0 Å². The number of fused-ring (bicyclic) bond motifs is 1. The van der Waals surface area contributed by atoms with Crippen LogP contribution in [-0.4, -0.2) is 35.7 Å². The van der Waals surface area contributed by atoms with E-state index in [1.54, 1.807) is 40.7 Å². The van der Waals surface area contributed by atoms with Crippen LogP contribution < -0.4 is 0 Å². The number of sulfonamides is 1. The van der Waals surface area contributed by atoms with E-state index in [2.05, 4.69) is 0 Å². The Labute approximate surface area is 210 Å². The lowest BCUT2D eigenvalue weighted by molar-refractivity contribution is -0.384. The number of halogens is 1. The molecule has 0 unspecified atom stereocenters. The van der Waals surface area contributed by atoms with Gasteiger partial charge in [0, 0.05) is 36.2 Å². The van der Waals surface area contributed by atoms with Gasteiger partial charge in [0.2, 0.25) is 10.0 Å². The number of aromatic nitrogens is 1. The van der Waals surface area contributed by atoms with E-state index in [0.717, 1.165) is 36.0 Å². The van der Waals surface area contributed by atoms with Crippen LogP contribution in [0.4, 0.5) is 5.69 Å². The fourth-order valence-corrected chi connectivity index (χ4v) is 5.90. The highest BCUT2D eigenvalue weighted by atomic mass is 35.5. The fraction of sp³-hybridized carbons (Fsp3) is 0.192. The highest BCUT2D eigenvalue weighted by Crippen LogP contribution is 2.34. The molecule has 0 aliphatic carbocycles. The highest BCUT2D eigenvalue weighted by Gasteiger charge is 2.25. The lowest BCUT2D eigenvalue weighted by Crippen LogP contribution is -2.35. The average Bonchev–Trinajstić information content (AvgIpc) is 2.88. The summed E-state index contributed by atoms with van der Waals surface area (Å²) < 4.78 is 27.5. The first-order valence-corrected chi connectivity index (χ1v) is 12.6. The normalized spacial score (nSPS) is 14.4. The highest BCUT2D eigenvalue weighted by molar-refractivity contribution is 7.89. The molecule has 2 heterocycles. The zero-order valence-electron chi connectivity index (χ0n) is 18.8. The quantitative estimate of drug-likeness (QED) is 0.240. The number of nitro benzene ring substituents is 1. The second kappa shape index (κ2) is 10.1. The van der Waals surface area contributed by atoms with Crippen LogP contribution in [0, 0.1) is 10.1 Å². The molecule has 4 aromatic rings. The minimum absolute atomic E-state index is 0. The number of pyridine rings is 1. The van der Waals surface area contributed by atoms with Gasteiger partial charge in [-0.1, -0.05) is 48.9 Å². The molecule has 3 aromatic carbocycles. The van der Waals surface area contributed by atoms with Crippen LogP contribution in [0.1, 0.15) is 19.3 Å². The summed E-state index contributed by atoms with van der Waals surface area (Å²) in [6.45, 7) is 1.12. The van der Waals surface area contributed by atoms with E-state index in [0.29, 0.717) is 29.7 Å². The van der Waals surface area contributed by atoms with Gasteiger partial charge in [-0.25, -0.2) is 13.4 Å². The Kier molecular flexibility index (Phi) is 7.16. The Hall–Kier alpha value is -3.33. The smallest absolute Gasteiger partial charge is 0.258 e. The van der Waals surface area contributed by atoms with Crippen molar-refractivity contribution in [3.05, 3.63) is 89.0 Å². The van der Waals surface area contributed by atoms with Gasteiger partial charge in [0.05, 0.1) is 21.0 Å². The summed E-state index contributed by atoms with van der Waals surface area (Å²) in [5.41, 5.74) is 3.82. The van der Waals surface area contributed by atoms with Crippen molar-refractivity contribution in [2.75, 3.05) is 13.1 Å². The largest absolute Gasteiger partial charge is 0.270 e. The molecule has 35 heavy (non-hydrogen) atoms. The molecule has 1 aromatic heterocycles. The monoisotopic (exact) mass is 509 g/mol. The molecule has 0 bridgehead atoms. The topological polar surface area (TPSA) is 93.4 Å². The molecule has 180 valence electrons. The standard InChI is InChI=1S/C26H23N3O4S.ClH/c30-29(31)21-11-14-25-24(17-21)23(19-7-3-1-4-8-19)18-26(27-25)20-9-12-22(13-10-20)34(32,33)28-15-5-2-6-16-28;/h1,3-4,7-14,17-18H,2,5-6,15-16H2;1H. The molecular weight excluding hydrogens is 486 g/mol. The van der Waals surface area contributed by atoms with Crippen molar-refractivity contribution < 1.29 is 13.3 Å². The SMILES string of the molecule is Cl.O=[N+]([O-])c1ccc2nc(-c3ccc(S(=O)(=O)N4CCCCC4)cc3)cc(-c3ccccc3)c2c1. The summed E-state index contributed by atoms with van der Waals surface area (Å²) in [4.78, 5) is 15.9. The Bertz CT molecular complexity index is 1470. The number of benzene rings is 3. The Morgan fingerprint density at radius 1 is 0.829 bits per heavy atom. The summed E-state index contributed by atoms with van der Waals surface area (Å²) >= 11 is 0. The Balaban J connectivity index is 0.00000289. The van der Waals surface area contributed by atoms with Crippen LogP contribution in [0.25, 0.3) is 33.3 Å². The van der Waals surface area contributed by atoms with Crippen molar-refractivity contribution in [1.82, 2.24) is 9.29 Å². The minimum Gasteiger partial charge on any atom is -0.258 e. The molecular formula is C26H24ClN3O4S. The van der Waals surface area contributed by atoms with E-state index in [-0.39, 0.29) is 23.0 Å². The molecule has 5 rings (SSSR count). The van der Waals surface area contributed by atoms with Crippen molar-refractivity contribution in [3.8, 4) is 22.4 Å². The van der Waals surface area contributed by atoms with Gasteiger partial charge < -0.3 is 0 Å². The number of non-ortho nitro benzene ring substituents is 1. The molecule has 1 fully saturated rings. The lowest BCUT2D eigenvalue weighted by Gasteiger charge is -2.25. The third kappa shape index (κ3) is 4.91. The van der Waals surface area contributed by atoms with Crippen LogP contribution in [0.15, 0.2) is 83.8 Å². The summed E-state index contributed by atoms with van der Waals surface area (Å²) in [5, 5.41) is 12.0. The van der Waals surface area contributed by atoms with Crippen LogP contribution in [0.2, 0.25) is 0 Å². The van der Waals surface area contributed by atoms with E-state index < -0.39 is 14.9 Å². The van der Waals surface area contributed by atoms with Crippen molar-refractivity contribution in [3.63, 3.8) is 0 Å². The van der Waals surface area contributed by atoms with Gasteiger partial charge >= 0.3 is 0 Å². The molecule has 0 saturated carbocycles. The average molecular weight is 510 g/mol. The van der Waals surface area contributed by atoms with Crippen molar-refractivity contribution in [2.24, 2.45) is 0 Å². The van der Waals surface area contributed by atoms with Gasteiger partial charge in [-0.2, -0.15) is 4.31 Å². The predicted molar refractivity (Wildman–Crippen MR) is 139 cm³/mol. The van der Waals surface area contributed by atoms with Gasteiger partial charge in [0.15, 0.2) is 0 Å². The number of nitrogens with zero attached hydrogens (tertiary/aromatic N) is 3. The summed E-state index contributed by atoms with van der Waals surface area (Å²) in [5.74, 6) is 0. The van der Waals surface area contributed by atoms with Gasteiger partial charge in [-0.3, -0.25) is 10.1 Å². The number of rotatable bonds is 5. The Morgan fingerprint density at radius 2 is 1.51 bits per heavy atom. The number of piperidine rings is 1. The summed E-state index contributed by atoms with van der Waals surface area (Å²) in [7, 11) is -3.51. The van der Waals surface area contributed by atoms with E-state index in [9.17, 15) is 18.5 Å². The van der Waals surface area contributed by atoms with Crippen molar-refractivity contribution in [1.29, 1.82) is 0 Å². The number of hydrogen-bond donors (Lipinski definition) is 0. The molecule has 7 nitrogen and oxygen atoms in total. The van der Waals surface area contributed by atoms with E-state index in [4.69, 9.17) is 4.98 Å². The van der Waals surface area contributed by atoms with Gasteiger partial charge in [-0.15, -0.1) is 12.4 Å². The number of nitro groups is 1. The first kappa shape index (κ1) is 24.8. The van der Waals surface area contributed by atoms with E-state index in [1.807, 2.05) is 36.4 Å². The predicted octanol–water partition coefficient (Wildman–Crippen LogP) is 6.07. The van der Waals surface area contributed by atoms with E-state index >= 15 is 0 Å². The molecule has 9 heteroatoms. The van der Waals surface area contributed by atoms with Crippen LogP contribution in [-0.2, 0) is 10.0 Å². The number of hydrogen-bond acceptors (Lipinski definition) is 5. The van der Waals surface area contributed by atoms with Gasteiger partial charge in [0.25, 0.3) is 5.69 Å². The molecule has 0 radical (unpaired) electrons. The maximum Gasteiger partial charge on any atom is 0.270 e. The van der Waals surface area contributed by atoms with Crippen LogP contribution in [0.3, 0.4) is 0 Å². The lowest BCUT2D eigenvalue weighted by atomic mass is 9.98. The van der Waals surface area contributed by atoms with Gasteiger partial charge in [-0.05, 0) is 48.2 Å². The van der Waals surface area contributed by atoms with Gasteiger partial charge in [0.1, 0.15) is 0 Å². The molecule has 0 amide bonds. The molecule has 0 atom stereocenters. The summed E-state index contributed by atoms with van der Waals surface area (Å²) in [6.07, 6.45) is 2.84. The van der Waals surface area contributed by atoms with Crippen LogP contribution in [0.5, 0.6) is 0 Å². The second-order valence-corrected chi connectivity index (χ2v) is 10.3.